The molecule has 7 heteroatoms. The molecule has 0 bridgehead atoms. The normalized spacial score (nSPS) is 14.7. The van der Waals surface area contributed by atoms with Crippen LogP contribution < -0.4 is 20.5 Å². The summed E-state index contributed by atoms with van der Waals surface area (Å²) < 4.78 is 10.6. The summed E-state index contributed by atoms with van der Waals surface area (Å²) in [4.78, 5) is 25.1. The lowest BCUT2D eigenvalue weighted by molar-refractivity contribution is -0.111. The van der Waals surface area contributed by atoms with Crippen molar-refractivity contribution in [2.24, 2.45) is 5.73 Å². The highest BCUT2D eigenvalue weighted by molar-refractivity contribution is 7.17. The van der Waals surface area contributed by atoms with Gasteiger partial charge in [-0.1, -0.05) is 6.07 Å². The molecule has 0 saturated carbocycles. The van der Waals surface area contributed by atoms with E-state index in [2.05, 4.69) is 5.32 Å². The van der Waals surface area contributed by atoms with Crippen LogP contribution in [0.25, 0.3) is 6.08 Å². The molecule has 1 aromatic carbocycles. The number of primary amides is 1. The summed E-state index contributed by atoms with van der Waals surface area (Å²) in [5.41, 5.74) is 7.77. The molecular weight excluding hydrogens is 340 g/mol. The third kappa shape index (κ3) is 2.98. The molecule has 6 nitrogen and oxygen atoms in total. The summed E-state index contributed by atoms with van der Waals surface area (Å²) >= 11 is 1.44. The van der Waals surface area contributed by atoms with Gasteiger partial charge in [0.25, 0.3) is 5.91 Å². The summed E-state index contributed by atoms with van der Waals surface area (Å²) in [5.74, 6) is 0.559. The molecule has 2 amide bonds. The Labute approximate surface area is 148 Å². The van der Waals surface area contributed by atoms with Crippen LogP contribution in [0.5, 0.6) is 11.5 Å². The number of thiophene rings is 1. The number of aryl methyl sites for hydroxylation is 1. The highest BCUT2D eigenvalue weighted by Gasteiger charge is 2.25. The average Bonchev–Trinajstić information content (AvgIpc) is 3.26. The number of hydrogen-bond donors (Lipinski definition) is 2. The van der Waals surface area contributed by atoms with Crippen LogP contribution in [0.1, 0.15) is 32.8 Å². The molecule has 2 aromatic rings. The van der Waals surface area contributed by atoms with Crippen molar-refractivity contribution in [3.05, 3.63) is 45.8 Å². The van der Waals surface area contributed by atoms with Crippen LogP contribution in [-0.2, 0) is 17.6 Å². The molecule has 1 aliphatic carbocycles. The lowest BCUT2D eigenvalue weighted by Gasteiger charge is -2.03. The Kier molecular flexibility index (Phi) is 3.93. The maximum Gasteiger partial charge on any atom is 0.251 e. The zero-order valence-corrected chi connectivity index (χ0v) is 14.2. The predicted octanol–water partition coefficient (Wildman–Crippen LogP) is 2.72. The van der Waals surface area contributed by atoms with Gasteiger partial charge in [0.15, 0.2) is 11.5 Å². The maximum atomic E-state index is 12.2. The maximum absolute atomic E-state index is 12.2. The fourth-order valence-corrected chi connectivity index (χ4v) is 4.39. The van der Waals surface area contributed by atoms with Gasteiger partial charge >= 0.3 is 0 Å². The van der Waals surface area contributed by atoms with E-state index in [1.807, 2.05) is 6.07 Å². The van der Waals surface area contributed by atoms with Crippen LogP contribution >= 0.6 is 11.3 Å². The number of carbonyl (C=O) groups excluding carboxylic acids is 2. The van der Waals surface area contributed by atoms with Gasteiger partial charge in [-0.15, -0.1) is 11.3 Å². The molecule has 0 radical (unpaired) electrons. The van der Waals surface area contributed by atoms with Crippen LogP contribution in [-0.4, -0.2) is 18.6 Å². The molecule has 1 aromatic heterocycles. The van der Waals surface area contributed by atoms with Gasteiger partial charge < -0.3 is 20.5 Å². The van der Waals surface area contributed by atoms with E-state index in [0.29, 0.717) is 22.1 Å². The first-order valence-electron chi connectivity index (χ1n) is 7.95. The number of hydrogen-bond acceptors (Lipinski definition) is 5. The minimum Gasteiger partial charge on any atom is -0.454 e. The number of fused-ring (bicyclic) bond motifs is 2. The smallest absolute Gasteiger partial charge is 0.251 e. The molecule has 25 heavy (non-hydrogen) atoms. The summed E-state index contributed by atoms with van der Waals surface area (Å²) in [6, 6.07) is 5.45. The molecule has 128 valence electrons. The molecule has 1 aliphatic heterocycles. The van der Waals surface area contributed by atoms with Gasteiger partial charge in [0.05, 0.1) is 5.56 Å². The van der Waals surface area contributed by atoms with Crippen LogP contribution in [0.2, 0.25) is 0 Å². The number of anilines is 1. The van der Waals surface area contributed by atoms with Gasteiger partial charge in [0, 0.05) is 11.0 Å². The van der Waals surface area contributed by atoms with Crippen molar-refractivity contribution in [3.63, 3.8) is 0 Å². The second-order valence-electron chi connectivity index (χ2n) is 5.86. The minimum atomic E-state index is -0.491. The Morgan fingerprint density at radius 3 is 2.88 bits per heavy atom. The van der Waals surface area contributed by atoms with Gasteiger partial charge in [-0.25, -0.2) is 0 Å². The van der Waals surface area contributed by atoms with Gasteiger partial charge in [-0.3, -0.25) is 9.59 Å². The monoisotopic (exact) mass is 356 g/mol. The highest BCUT2D eigenvalue weighted by atomic mass is 32.1. The number of amides is 2. The third-order valence-corrected chi connectivity index (χ3v) is 5.44. The Balaban J connectivity index is 1.50. The lowest BCUT2D eigenvalue weighted by Crippen LogP contribution is -2.16. The highest BCUT2D eigenvalue weighted by Crippen LogP contribution is 2.39. The predicted molar refractivity (Wildman–Crippen MR) is 95.1 cm³/mol. The van der Waals surface area contributed by atoms with E-state index in [-0.39, 0.29) is 12.7 Å². The topological polar surface area (TPSA) is 90.7 Å². The van der Waals surface area contributed by atoms with Crippen LogP contribution in [0.15, 0.2) is 24.3 Å². The molecule has 3 N–H and O–H groups in total. The van der Waals surface area contributed by atoms with Crippen LogP contribution in [0, 0.1) is 0 Å². The molecule has 0 atom stereocenters. The summed E-state index contributed by atoms with van der Waals surface area (Å²) in [6.45, 7) is 0.210. The molecule has 0 fully saturated rings. The third-order valence-electron chi connectivity index (χ3n) is 4.23. The fraction of sp³-hybridized carbons (Fsp3) is 0.222. The van der Waals surface area contributed by atoms with E-state index in [1.165, 1.54) is 17.4 Å². The first kappa shape index (κ1) is 15.7. The van der Waals surface area contributed by atoms with E-state index in [0.717, 1.165) is 35.3 Å². The average molecular weight is 356 g/mol. The van der Waals surface area contributed by atoms with E-state index in [9.17, 15) is 9.59 Å². The first-order valence-corrected chi connectivity index (χ1v) is 8.76. The van der Waals surface area contributed by atoms with Gasteiger partial charge in [-0.2, -0.15) is 0 Å². The molecule has 0 spiro atoms. The second kappa shape index (κ2) is 6.25. The SMILES string of the molecule is NC(=O)c1c(NC(=O)/C=C/c2ccc3c(c2)OCO3)sc2c1CCC2. The van der Waals surface area contributed by atoms with Crippen molar-refractivity contribution < 1.29 is 19.1 Å². The Bertz CT molecular complexity index is 901. The first-order chi connectivity index (χ1) is 12.1. The van der Waals surface area contributed by atoms with Gasteiger partial charge in [-0.05, 0) is 48.6 Å². The molecule has 2 heterocycles. The van der Waals surface area contributed by atoms with E-state index in [4.69, 9.17) is 15.2 Å². The second-order valence-corrected chi connectivity index (χ2v) is 6.97. The number of rotatable bonds is 4. The fourth-order valence-electron chi connectivity index (χ4n) is 3.10. The van der Waals surface area contributed by atoms with Gasteiger partial charge in [0.2, 0.25) is 12.7 Å². The van der Waals surface area contributed by atoms with Crippen molar-refractivity contribution >= 4 is 34.2 Å². The van der Waals surface area contributed by atoms with Crippen molar-refractivity contribution in [1.29, 1.82) is 0 Å². The Morgan fingerprint density at radius 2 is 2.04 bits per heavy atom. The van der Waals surface area contributed by atoms with Crippen molar-refractivity contribution in [1.82, 2.24) is 0 Å². The molecule has 0 saturated heterocycles. The number of ether oxygens (including phenoxy) is 2. The minimum absolute atomic E-state index is 0.210. The number of nitrogens with one attached hydrogen (secondary N) is 1. The van der Waals surface area contributed by atoms with E-state index in [1.54, 1.807) is 18.2 Å². The Hall–Kier alpha value is -2.80. The zero-order chi connectivity index (χ0) is 17.4. The lowest BCUT2D eigenvalue weighted by atomic mass is 10.1. The molecule has 2 aliphatic rings. The molecule has 0 unspecified atom stereocenters. The van der Waals surface area contributed by atoms with E-state index < -0.39 is 5.91 Å². The van der Waals surface area contributed by atoms with Crippen LogP contribution in [0.4, 0.5) is 5.00 Å². The van der Waals surface area contributed by atoms with Crippen molar-refractivity contribution in [3.8, 4) is 11.5 Å². The summed E-state index contributed by atoms with van der Waals surface area (Å²) in [7, 11) is 0. The Morgan fingerprint density at radius 1 is 1.20 bits per heavy atom. The zero-order valence-electron chi connectivity index (χ0n) is 13.3. The quantitative estimate of drug-likeness (QED) is 0.824. The van der Waals surface area contributed by atoms with Crippen molar-refractivity contribution in [2.45, 2.75) is 19.3 Å². The van der Waals surface area contributed by atoms with Gasteiger partial charge in [0.1, 0.15) is 5.00 Å². The number of carbonyl (C=O) groups is 2. The summed E-state index contributed by atoms with van der Waals surface area (Å²) in [6.07, 6.45) is 5.91. The molecule has 4 rings (SSSR count). The largest absolute Gasteiger partial charge is 0.454 e. The standard InChI is InChI=1S/C18H16N2O4S/c19-17(22)16-11-2-1-3-14(11)25-18(16)20-15(21)7-5-10-4-6-12-13(8-10)24-9-23-12/h4-8H,1-3,9H2,(H2,19,22)(H,20,21)/b7-5+. The van der Waals surface area contributed by atoms with Crippen molar-refractivity contribution in [2.75, 3.05) is 12.1 Å². The number of benzene rings is 1. The van der Waals surface area contributed by atoms with E-state index >= 15 is 0 Å². The number of nitrogens with two attached hydrogens (primary N) is 1. The molecular formula is C18H16N2O4S. The summed E-state index contributed by atoms with van der Waals surface area (Å²) in [5, 5.41) is 3.32. The van der Waals surface area contributed by atoms with Crippen LogP contribution in [0.3, 0.4) is 0 Å².